The molecular weight excluding hydrogens is 268 g/mol. The van der Waals surface area contributed by atoms with Gasteiger partial charge in [-0.15, -0.1) is 0 Å². The molecule has 0 aliphatic carbocycles. The highest BCUT2D eigenvalue weighted by molar-refractivity contribution is 6.72. The van der Waals surface area contributed by atoms with Crippen molar-refractivity contribution >= 4 is 29.1 Å². The number of hydrogen-bond donors (Lipinski definition) is 1. The lowest BCUT2D eigenvalue weighted by molar-refractivity contribution is -0.780. The Morgan fingerprint density at radius 1 is 1.37 bits per heavy atom. The predicted molar refractivity (Wildman–Crippen MR) is 70.4 cm³/mol. The van der Waals surface area contributed by atoms with Gasteiger partial charge in [0.25, 0.3) is 0 Å². The van der Waals surface area contributed by atoms with Gasteiger partial charge in [0.15, 0.2) is 5.57 Å². The van der Waals surface area contributed by atoms with E-state index in [2.05, 4.69) is 4.99 Å². The molecule has 5 nitrogen and oxygen atoms in total. The number of imide groups is 1. The number of carbonyl (C=O) groups is 2. The highest BCUT2D eigenvalue weighted by Crippen LogP contribution is 2.34. The molecule has 0 saturated heterocycles. The lowest BCUT2D eigenvalue weighted by Gasteiger charge is -2.34. The second kappa shape index (κ2) is 4.95. The first-order valence-corrected chi connectivity index (χ1v) is 5.92. The molecule has 98 valence electrons. The Balaban J connectivity index is 2.62. The second-order valence-electron chi connectivity index (χ2n) is 4.30. The first-order chi connectivity index (χ1) is 9.04. The molecule has 1 heterocycles. The maximum atomic E-state index is 12.3. The summed E-state index contributed by atoms with van der Waals surface area (Å²) in [5.74, 6) is -0.591. The van der Waals surface area contributed by atoms with Crippen LogP contribution >= 0.6 is 11.6 Å². The van der Waals surface area contributed by atoms with E-state index in [0.29, 0.717) is 18.2 Å². The van der Waals surface area contributed by atoms with E-state index in [1.54, 1.807) is 24.3 Å². The number of carbonyl (C=O) groups excluding carboxylic acids is 2. The maximum absolute atomic E-state index is 12.3. The van der Waals surface area contributed by atoms with Gasteiger partial charge in [-0.25, -0.2) is 14.6 Å². The van der Waals surface area contributed by atoms with Crippen LogP contribution in [0.2, 0.25) is 0 Å². The zero-order chi connectivity index (χ0) is 14.0. The van der Waals surface area contributed by atoms with Crippen molar-refractivity contribution in [1.82, 2.24) is 0 Å². The molecule has 1 aliphatic heterocycles. The van der Waals surface area contributed by atoms with Gasteiger partial charge in [0.2, 0.25) is 6.17 Å². The molecule has 19 heavy (non-hydrogen) atoms. The molecule has 2 atom stereocenters. The maximum Gasteiger partial charge on any atom is 0.361 e. The average Bonchev–Trinajstić information content (AvgIpc) is 2.44. The number of halogens is 1. The number of amides is 2. The molecule has 0 aromatic heterocycles. The summed E-state index contributed by atoms with van der Waals surface area (Å²) in [6.45, 7) is 0. The van der Waals surface area contributed by atoms with Gasteiger partial charge in [-0.05, 0) is 0 Å². The van der Waals surface area contributed by atoms with E-state index < -0.39 is 16.6 Å². The van der Waals surface area contributed by atoms with Gasteiger partial charge in [0, 0.05) is 5.56 Å². The smallest absolute Gasteiger partial charge is 0.361 e. The van der Waals surface area contributed by atoms with Crippen LogP contribution in [0.5, 0.6) is 0 Å². The van der Waals surface area contributed by atoms with Gasteiger partial charge >= 0.3 is 12.3 Å². The van der Waals surface area contributed by atoms with Gasteiger partial charge in [-0.2, -0.15) is 4.48 Å². The molecule has 1 aliphatic rings. The molecule has 0 fully saturated rings. The van der Waals surface area contributed by atoms with Gasteiger partial charge in [-0.1, -0.05) is 41.9 Å². The van der Waals surface area contributed by atoms with Crippen LogP contribution in [-0.4, -0.2) is 34.1 Å². The average molecular weight is 280 g/mol. The Morgan fingerprint density at radius 2 is 2.00 bits per heavy atom. The second-order valence-corrected chi connectivity index (χ2v) is 4.66. The summed E-state index contributed by atoms with van der Waals surface area (Å²) >= 11 is 5.88. The summed E-state index contributed by atoms with van der Waals surface area (Å²) in [5.41, 5.74) is 0.532. The number of aliphatic imine (C=N–C) groups is 1. The number of benzene rings is 1. The number of aliphatic hydroxyl groups excluding tert-OH is 1. The molecule has 1 N–H and O–H groups in total. The summed E-state index contributed by atoms with van der Waals surface area (Å²) in [5, 5.41) is 8.94. The van der Waals surface area contributed by atoms with Gasteiger partial charge in [0.05, 0.1) is 13.3 Å². The van der Waals surface area contributed by atoms with E-state index in [4.69, 9.17) is 16.7 Å². The Bertz CT molecular complexity index is 583. The third-order valence-corrected chi connectivity index (χ3v) is 3.38. The first-order valence-electron chi connectivity index (χ1n) is 5.54. The molecule has 6 heteroatoms. The Morgan fingerprint density at radius 3 is 2.53 bits per heavy atom. The Hall–Kier alpha value is -1.98. The monoisotopic (exact) mass is 279 g/mol. The third-order valence-electron chi connectivity index (χ3n) is 3.08. The fourth-order valence-electron chi connectivity index (χ4n) is 1.98. The van der Waals surface area contributed by atoms with Crippen molar-refractivity contribution in [2.75, 3.05) is 7.05 Å². The number of hydrogen-bond acceptors (Lipinski definition) is 4. The highest BCUT2D eigenvalue weighted by Gasteiger charge is 2.48. The fraction of sp³-hybridized carbons (Fsp3) is 0.154. The molecule has 2 rings (SSSR count). The van der Waals surface area contributed by atoms with Gasteiger partial charge < -0.3 is 5.11 Å². The predicted octanol–water partition coefficient (Wildman–Crippen LogP) is 1.91. The summed E-state index contributed by atoms with van der Waals surface area (Å²) in [6.07, 6.45) is 0.327. The van der Waals surface area contributed by atoms with E-state index >= 15 is 0 Å². The van der Waals surface area contributed by atoms with Crippen LogP contribution in [-0.2, 0) is 9.59 Å². The van der Waals surface area contributed by atoms with Crippen LogP contribution in [0, 0.1) is 0 Å². The van der Waals surface area contributed by atoms with Gasteiger partial charge in [-0.3, -0.25) is 0 Å². The standard InChI is InChI=1S/C13H11ClN2O3/c1-16(8-18)12(9-5-3-2-4-6-9)15-11(14)10(7-17)13(16)19/h2-8,12H,1H3/p+1. The Labute approximate surface area is 115 Å². The molecule has 2 unspecified atom stereocenters. The van der Waals surface area contributed by atoms with Gasteiger partial charge in [0.1, 0.15) is 5.17 Å². The SMILES string of the molecule is C[N+]1(C=O)C(=O)C(=CO)C(Cl)=NC1c1ccccc1. The minimum Gasteiger partial charge on any atom is -0.514 e. The van der Waals surface area contributed by atoms with Crippen molar-refractivity contribution in [3.8, 4) is 0 Å². The largest absolute Gasteiger partial charge is 0.514 e. The molecule has 0 bridgehead atoms. The number of rotatable bonds is 2. The zero-order valence-electron chi connectivity index (χ0n) is 10.2. The molecule has 1 aromatic rings. The highest BCUT2D eigenvalue weighted by atomic mass is 35.5. The van der Waals surface area contributed by atoms with Crippen molar-refractivity contribution in [3.05, 3.63) is 47.7 Å². The normalized spacial score (nSPS) is 29.2. The first kappa shape index (κ1) is 13.5. The van der Waals surface area contributed by atoms with Crippen LogP contribution < -0.4 is 0 Å². The fourth-order valence-corrected chi connectivity index (χ4v) is 2.20. The van der Waals surface area contributed by atoms with E-state index in [1.807, 2.05) is 6.07 Å². The summed E-state index contributed by atoms with van der Waals surface area (Å²) < 4.78 is -0.618. The van der Waals surface area contributed by atoms with Crippen LogP contribution in [0.3, 0.4) is 0 Å². The third kappa shape index (κ3) is 2.07. The number of quaternary nitrogens is 1. The zero-order valence-corrected chi connectivity index (χ0v) is 10.9. The van der Waals surface area contributed by atoms with E-state index in [9.17, 15) is 9.59 Å². The van der Waals surface area contributed by atoms with E-state index in [-0.39, 0.29) is 10.7 Å². The minimum absolute atomic E-state index is 0.0983. The van der Waals surface area contributed by atoms with E-state index in [1.165, 1.54) is 7.05 Å². The molecule has 0 spiro atoms. The van der Waals surface area contributed by atoms with Crippen molar-refractivity contribution in [2.24, 2.45) is 4.99 Å². The van der Waals surface area contributed by atoms with E-state index in [0.717, 1.165) is 0 Å². The summed E-state index contributed by atoms with van der Waals surface area (Å²) in [4.78, 5) is 27.8. The van der Waals surface area contributed by atoms with Crippen molar-refractivity contribution < 1.29 is 19.2 Å². The quantitative estimate of drug-likeness (QED) is 0.389. The number of likely N-dealkylation sites (N-methyl/N-ethyl adjacent to an activating group) is 1. The lowest BCUT2D eigenvalue weighted by atomic mass is 10.1. The molecule has 0 saturated carbocycles. The minimum atomic E-state index is -0.748. The molecule has 0 radical (unpaired) electrons. The van der Waals surface area contributed by atoms with Crippen LogP contribution in [0.15, 0.2) is 47.2 Å². The lowest BCUT2D eigenvalue weighted by Crippen LogP contribution is -2.54. The summed E-state index contributed by atoms with van der Waals surface area (Å²) in [7, 11) is 1.43. The summed E-state index contributed by atoms with van der Waals surface area (Å²) in [6, 6.07) is 8.92. The number of nitrogens with zero attached hydrogens (tertiary/aromatic N) is 2. The Kier molecular flexibility index (Phi) is 3.50. The topological polar surface area (TPSA) is 66.7 Å². The molecular formula is C13H12ClN2O3+. The van der Waals surface area contributed by atoms with Crippen molar-refractivity contribution in [1.29, 1.82) is 0 Å². The number of aliphatic hydroxyl groups is 1. The molecule has 1 aromatic carbocycles. The van der Waals surface area contributed by atoms with Crippen LogP contribution in [0.25, 0.3) is 0 Å². The van der Waals surface area contributed by atoms with Crippen molar-refractivity contribution in [3.63, 3.8) is 0 Å². The van der Waals surface area contributed by atoms with Crippen LogP contribution in [0.4, 0.5) is 0 Å². The van der Waals surface area contributed by atoms with Crippen molar-refractivity contribution in [2.45, 2.75) is 6.17 Å². The molecule has 2 amide bonds. The van der Waals surface area contributed by atoms with Crippen LogP contribution in [0.1, 0.15) is 11.7 Å².